The molecule has 112 valence electrons. The number of hydrogen-bond acceptors (Lipinski definition) is 3. The summed E-state index contributed by atoms with van der Waals surface area (Å²) in [6.07, 6.45) is 0. The zero-order valence-corrected chi connectivity index (χ0v) is 13.4. The molecule has 0 aliphatic heterocycles. The Bertz CT molecular complexity index is 601. The second kappa shape index (κ2) is 7.34. The largest absolute Gasteiger partial charge is 0.496 e. The van der Waals surface area contributed by atoms with Gasteiger partial charge in [0.2, 0.25) is 0 Å². The van der Waals surface area contributed by atoms with E-state index >= 15 is 0 Å². The molecule has 2 rings (SSSR count). The minimum Gasteiger partial charge on any atom is -0.496 e. The Hall–Kier alpha value is -1.71. The Morgan fingerprint density at radius 1 is 1.14 bits per heavy atom. The van der Waals surface area contributed by atoms with Gasteiger partial charge in [-0.05, 0) is 30.8 Å². The molecule has 0 aromatic heterocycles. The van der Waals surface area contributed by atoms with Gasteiger partial charge in [0.25, 0.3) is 0 Å². The zero-order valence-electron chi connectivity index (χ0n) is 12.7. The molecule has 0 amide bonds. The third kappa shape index (κ3) is 3.90. The maximum atomic E-state index is 6.32. The van der Waals surface area contributed by atoms with Gasteiger partial charge in [-0.3, -0.25) is 0 Å². The molecule has 0 aliphatic rings. The second-order valence-electron chi connectivity index (χ2n) is 4.97. The van der Waals surface area contributed by atoms with Crippen molar-refractivity contribution < 1.29 is 4.74 Å². The molecule has 2 aromatic rings. The van der Waals surface area contributed by atoms with Crippen LogP contribution in [0.1, 0.15) is 11.1 Å². The van der Waals surface area contributed by atoms with Crippen molar-refractivity contribution in [2.75, 3.05) is 26.1 Å². The van der Waals surface area contributed by atoms with Crippen molar-refractivity contribution in [3.8, 4) is 5.75 Å². The first-order chi connectivity index (χ1) is 10.2. The summed E-state index contributed by atoms with van der Waals surface area (Å²) in [6, 6.07) is 14.2. The number of benzene rings is 2. The van der Waals surface area contributed by atoms with Crippen LogP contribution in [-0.2, 0) is 13.1 Å². The summed E-state index contributed by atoms with van der Waals surface area (Å²) in [6.45, 7) is 1.54. The molecule has 0 radical (unpaired) electrons. The lowest BCUT2D eigenvalue weighted by atomic mass is 10.1. The van der Waals surface area contributed by atoms with Gasteiger partial charge in [0, 0.05) is 36.4 Å². The maximum Gasteiger partial charge on any atom is 0.123 e. The molecular formula is C17H21ClN2O. The molecule has 3 nitrogen and oxygen atoms in total. The molecule has 0 atom stereocenters. The van der Waals surface area contributed by atoms with Crippen LogP contribution in [0.5, 0.6) is 5.75 Å². The van der Waals surface area contributed by atoms with E-state index in [9.17, 15) is 0 Å². The van der Waals surface area contributed by atoms with Gasteiger partial charge < -0.3 is 15.0 Å². The average molecular weight is 305 g/mol. The molecule has 0 unspecified atom stereocenters. The smallest absolute Gasteiger partial charge is 0.123 e. The summed E-state index contributed by atoms with van der Waals surface area (Å²) in [7, 11) is 5.66. The first-order valence-corrected chi connectivity index (χ1v) is 7.29. The molecule has 2 aromatic carbocycles. The zero-order chi connectivity index (χ0) is 15.2. The summed E-state index contributed by atoms with van der Waals surface area (Å²) in [4.78, 5) is 2.16. The van der Waals surface area contributed by atoms with E-state index in [1.165, 1.54) is 0 Å². The predicted octanol–water partition coefficient (Wildman–Crippen LogP) is 3.70. The molecule has 0 spiro atoms. The van der Waals surface area contributed by atoms with Gasteiger partial charge in [0.05, 0.1) is 7.11 Å². The van der Waals surface area contributed by atoms with E-state index in [0.29, 0.717) is 0 Å². The molecular weight excluding hydrogens is 284 g/mol. The highest BCUT2D eigenvalue weighted by Gasteiger charge is 2.08. The van der Waals surface area contributed by atoms with Gasteiger partial charge in [0.15, 0.2) is 0 Å². The highest BCUT2D eigenvalue weighted by atomic mass is 35.5. The Labute approximate surface area is 131 Å². The minimum absolute atomic E-state index is 0.770. The Morgan fingerprint density at radius 2 is 1.90 bits per heavy atom. The Morgan fingerprint density at radius 3 is 2.57 bits per heavy atom. The maximum absolute atomic E-state index is 6.32. The monoisotopic (exact) mass is 304 g/mol. The average Bonchev–Trinajstić information content (AvgIpc) is 2.50. The molecule has 0 bridgehead atoms. The van der Waals surface area contributed by atoms with Gasteiger partial charge in [0.1, 0.15) is 5.75 Å². The van der Waals surface area contributed by atoms with Crippen molar-refractivity contribution in [1.29, 1.82) is 0 Å². The fourth-order valence-electron chi connectivity index (χ4n) is 2.29. The minimum atomic E-state index is 0.770. The molecule has 0 saturated heterocycles. The lowest BCUT2D eigenvalue weighted by Crippen LogP contribution is -2.17. The van der Waals surface area contributed by atoms with Gasteiger partial charge in [-0.2, -0.15) is 0 Å². The van der Waals surface area contributed by atoms with Crippen LogP contribution in [-0.4, -0.2) is 21.2 Å². The number of rotatable bonds is 6. The van der Waals surface area contributed by atoms with E-state index in [4.69, 9.17) is 16.3 Å². The summed E-state index contributed by atoms with van der Waals surface area (Å²) >= 11 is 6.32. The summed E-state index contributed by atoms with van der Waals surface area (Å²) in [5, 5.41) is 3.90. The normalized spacial score (nSPS) is 10.5. The number of nitrogens with one attached hydrogen (secondary N) is 1. The van der Waals surface area contributed by atoms with Crippen LogP contribution >= 0.6 is 11.6 Å². The van der Waals surface area contributed by atoms with Gasteiger partial charge in [-0.15, -0.1) is 0 Å². The van der Waals surface area contributed by atoms with Gasteiger partial charge in [-0.1, -0.05) is 35.9 Å². The van der Waals surface area contributed by atoms with Crippen molar-refractivity contribution in [2.45, 2.75) is 13.1 Å². The first kappa shape index (κ1) is 15.7. The van der Waals surface area contributed by atoms with E-state index in [1.807, 2.05) is 31.3 Å². The number of halogens is 1. The topological polar surface area (TPSA) is 24.5 Å². The van der Waals surface area contributed by atoms with Crippen molar-refractivity contribution in [1.82, 2.24) is 5.32 Å². The SMILES string of the molecule is CNCc1ccc(N(C)Cc2ccccc2OC)cc1Cl. The van der Waals surface area contributed by atoms with Crippen molar-refractivity contribution >= 4 is 17.3 Å². The highest BCUT2D eigenvalue weighted by Crippen LogP contribution is 2.26. The summed E-state index contributed by atoms with van der Waals surface area (Å²) in [5.74, 6) is 0.905. The van der Waals surface area contributed by atoms with Crippen LogP contribution in [0.25, 0.3) is 0 Å². The molecule has 0 saturated carbocycles. The number of para-hydroxylation sites is 1. The van der Waals surface area contributed by atoms with Crippen molar-refractivity contribution in [3.63, 3.8) is 0 Å². The lowest BCUT2D eigenvalue weighted by Gasteiger charge is -2.21. The molecule has 0 fully saturated rings. The van der Waals surface area contributed by atoms with Crippen LogP contribution in [0, 0.1) is 0 Å². The van der Waals surface area contributed by atoms with Crippen molar-refractivity contribution in [2.24, 2.45) is 0 Å². The van der Waals surface area contributed by atoms with E-state index in [1.54, 1.807) is 7.11 Å². The van der Waals surface area contributed by atoms with E-state index < -0.39 is 0 Å². The molecule has 21 heavy (non-hydrogen) atoms. The quantitative estimate of drug-likeness (QED) is 0.880. The van der Waals surface area contributed by atoms with Crippen LogP contribution in [0.3, 0.4) is 0 Å². The van der Waals surface area contributed by atoms with Crippen LogP contribution in [0.2, 0.25) is 5.02 Å². The predicted molar refractivity (Wildman–Crippen MR) is 89.3 cm³/mol. The number of nitrogens with zero attached hydrogens (tertiary/aromatic N) is 1. The third-order valence-electron chi connectivity index (χ3n) is 3.44. The summed E-state index contributed by atoms with van der Waals surface area (Å²) < 4.78 is 5.40. The van der Waals surface area contributed by atoms with Gasteiger partial charge >= 0.3 is 0 Å². The molecule has 0 heterocycles. The van der Waals surface area contributed by atoms with E-state index in [-0.39, 0.29) is 0 Å². The second-order valence-corrected chi connectivity index (χ2v) is 5.38. The van der Waals surface area contributed by atoms with Crippen LogP contribution < -0.4 is 15.0 Å². The molecule has 4 heteroatoms. The highest BCUT2D eigenvalue weighted by molar-refractivity contribution is 6.31. The molecule has 0 aliphatic carbocycles. The Balaban J connectivity index is 2.16. The van der Waals surface area contributed by atoms with Crippen molar-refractivity contribution in [3.05, 3.63) is 58.6 Å². The fourth-order valence-corrected chi connectivity index (χ4v) is 2.53. The Kier molecular flexibility index (Phi) is 5.48. The van der Waals surface area contributed by atoms with E-state index in [0.717, 1.165) is 40.7 Å². The van der Waals surface area contributed by atoms with Crippen LogP contribution in [0.4, 0.5) is 5.69 Å². The van der Waals surface area contributed by atoms with Crippen LogP contribution in [0.15, 0.2) is 42.5 Å². The fraction of sp³-hybridized carbons (Fsp3) is 0.294. The number of anilines is 1. The standard InChI is InChI=1S/C17H21ClN2O/c1-19-11-13-8-9-15(10-16(13)18)20(2)12-14-6-4-5-7-17(14)21-3/h4-10,19H,11-12H2,1-3H3. The third-order valence-corrected chi connectivity index (χ3v) is 3.80. The first-order valence-electron chi connectivity index (χ1n) is 6.91. The number of ether oxygens (including phenoxy) is 1. The number of hydrogen-bond donors (Lipinski definition) is 1. The number of methoxy groups -OCH3 is 1. The van der Waals surface area contributed by atoms with E-state index in [2.05, 4.69) is 35.5 Å². The lowest BCUT2D eigenvalue weighted by molar-refractivity contribution is 0.409. The summed E-state index contributed by atoms with van der Waals surface area (Å²) in [5.41, 5.74) is 3.34. The molecule has 1 N–H and O–H groups in total. The van der Waals surface area contributed by atoms with Gasteiger partial charge in [-0.25, -0.2) is 0 Å².